The van der Waals surface area contributed by atoms with Crippen LogP contribution in [0.5, 0.6) is 0 Å². The van der Waals surface area contributed by atoms with E-state index in [1.54, 1.807) is 0 Å². The average Bonchev–Trinajstić information content (AvgIpc) is 2.24. The molecule has 0 aromatic heterocycles. The van der Waals surface area contributed by atoms with E-state index in [1.165, 1.54) is 51.7 Å². The first-order valence-corrected chi connectivity index (χ1v) is 6.89. The molecular formula is C14H30N2. The van der Waals surface area contributed by atoms with Gasteiger partial charge in [0.15, 0.2) is 0 Å². The molecule has 1 saturated heterocycles. The highest BCUT2D eigenvalue weighted by atomic mass is 15.1. The molecule has 1 unspecified atom stereocenters. The Kier molecular flexibility index (Phi) is 5.77. The molecule has 0 aliphatic carbocycles. The summed E-state index contributed by atoms with van der Waals surface area (Å²) < 4.78 is 0. The number of nitrogens with zero attached hydrogens (tertiary/aromatic N) is 1. The zero-order valence-corrected chi connectivity index (χ0v) is 11.7. The maximum atomic E-state index is 3.62. The topological polar surface area (TPSA) is 15.3 Å². The van der Waals surface area contributed by atoms with Crippen LogP contribution in [0, 0.1) is 5.41 Å². The van der Waals surface area contributed by atoms with E-state index in [-0.39, 0.29) is 0 Å². The van der Waals surface area contributed by atoms with Crippen LogP contribution in [0.25, 0.3) is 0 Å². The van der Waals surface area contributed by atoms with Crippen molar-refractivity contribution in [3.63, 3.8) is 0 Å². The van der Waals surface area contributed by atoms with Crippen molar-refractivity contribution in [2.75, 3.05) is 26.7 Å². The predicted octanol–water partition coefficient (Wildman–Crippen LogP) is 2.89. The SMILES string of the molecule is CN(CCC1CCCCN1)CCC(C)(C)C. The van der Waals surface area contributed by atoms with Gasteiger partial charge in [0.2, 0.25) is 0 Å². The lowest BCUT2D eigenvalue weighted by Crippen LogP contribution is -2.37. The zero-order valence-electron chi connectivity index (χ0n) is 11.7. The molecule has 0 radical (unpaired) electrons. The first kappa shape index (κ1) is 14.0. The second-order valence-corrected chi connectivity index (χ2v) is 6.55. The minimum absolute atomic E-state index is 0.470. The molecule has 1 rings (SSSR count). The van der Waals surface area contributed by atoms with Gasteiger partial charge < -0.3 is 10.2 Å². The van der Waals surface area contributed by atoms with E-state index in [0.29, 0.717) is 5.41 Å². The molecule has 0 amide bonds. The molecule has 0 aromatic rings. The lowest BCUT2D eigenvalue weighted by atomic mass is 9.92. The number of rotatable bonds is 5. The van der Waals surface area contributed by atoms with Gasteiger partial charge in [-0.2, -0.15) is 0 Å². The van der Waals surface area contributed by atoms with E-state index in [1.807, 2.05) is 0 Å². The van der Waals surface area contributed by atoms with Gasteiger partial charge in [-0.3, -0.25) is 0 Å². The summed E-state index contributed by atoms with van der Waals surface area (Å²) in [7, 11) is 2.26. The van der Waals surface area contributed by atoms with Crippen molar-refractivity contribution >= 4 is 0 Å². The van der Waals surface area contributed by atoms with Gasteiger partial charge in [0.1, 0.15) is 0 Å². The van der Waals surface area contributed by atoms with Crippen molar-refractivity contribution in [3.05, 3.63) is 0 Å². The Morgan fingerprint density at radius 2 is 1.94 bits per heavy atom. The molecule has 0 aromatic carbocycles. The lowest BCUT2D eigenvalue weighted by molar-refractivity contribution is 0.245. The van der Waals surface area contributed by atoms with Gasteiger partial charge >= 0.3 is 0 Å². The molecule has 0 bridgehead atoms. The van der Waals surface area contributed by atoms with Crippen LogP contribution in [0.3, 0.4) is 0 Å². The summed E-state index contributed by atoms with van der Waals surface area (Å²) in [4.78, 5) is 2.49. The summed E-state index contributed by atoms with van der Waals surface area (Å²) in [5.41, 5.74) is 0.470. The van der Waals surface area contributed by atoms with Gasteiger partial charge in [0, 0.05) is 6.04 Å². The predicted molar refractivity (Wildman–Crippen MR) is 71.8 cm³/mol. The van der Waals surface area contributed by atoms with Crippen molar-refractivity contribution in [2.45, 2.75) is 58.9 Å². The smallest absolute Gasteiger partial charge is 0.00792 e. The standard InChI is InChI=1S/C14H30N2/c1-14(2,3)9-12-16(4)11-8-13-7-5-6-10-15-13/h13,15H,5-12H2,1-4H3. The first-order valence-electron chi connectivity index (χ1n) is 6.89. The van der Waals surface area contributed by atoms with Gasteiger partial charge in [-0.15, -0.1) is 0 Å². The highest BCUT2D eigenvalue weighted by Gasteiger charge is 2.14. The van der Waals surface area contributed by atoms with Crippen molar-refractivity contribution in [1.29, 1.82) is 0 Å². The second kappa shape index (κ2) is 6.61. The van der Waals surface area contributed by atoms with E-state index < -0.39 is 0 Å². The van der Waals surface area contributed by atoms with E-state index in [0.717, 1.165) is 6.04 Å². The molecule has 2 heteroatoms. The third-order valence-corrected chi connectivity index (χ3v) is 3.52. The molecule has 1 heterocycles. The molecule has 96 valence electrons. The monoisotopic (exact) mass is 226 g/mol. The Balaban J connectivity index is 2.07. The number of hydrogen-bond donors (Lipinski definition) is 1. The molecule has 1 N–H and O–H groups in total. The second-order valence-electron chi connectivity index (χ2n) is 6.55. The lowest BCUT2D eigenvalue weighted by Gasteiger charge is -2.27. The Morgan fingerprint density at radius 3 is 2.50 bits per heavy atom. The molecule has 1 fully saturated rings. The Hall–Kier alpha value is -0.0800. The summed E-state index contributed by atoms with van der Waals surface area (Å²) >= 11 is 0. The molecule has 1 aliphatic rings. The van der Waals surface area contributed by atoms with E-state index in [9.17, 15) is 0 Å². The van der Waals surface area contributed by atoms with E-state index in [4.69, 9.17) is 0 Å². The van der Waals surface area contributed by atoms with Crippen LogP contribution in [-0.4, -0.2) is 37.6 Å². The molecular weight excluding hydrogens is 196 g/mol. The minimum atomic E-state index is 0.470. The number of hydrogen-bond acceptors (Lipinski definition) is 2. The third-order valence-electron chi connectivity index (χ3n) is 3.52. The summed E-state index contributed by atoms with van der Waals surface area (Å²) in [5, 5.41) is 3.62. The molecule has 1 atom stereocenters. The van der Waals surface area contributed by atoms with Gasteiger partial charge in [0.05, 0.1) is 0 Å². The van der Waals surface area contributed by atoms with Crippen LogP contribution in [0.15, 0.2) is 0 Å². The molecule has 1 aliphatic heterocycles. The van der Waals surface area contributed by atoms with Crippen LogP contribution in [-0.2, 0) is 0 Å². The van der Waals surface area contributed by atoms with Crippen LogP contribution < -0.4 is 5.32 Å². The van der Waals surface area contributed by atoms with Crippen LogP contribution >= 0.6 is 0 Å². The van der Waals surface area contributed by atoms with Crippen LogP contribution in [0.1, 0.15) is 52.9 Å². The van der Waals surface area contributed by atoms with Crippen molar-refractivity contribution < 1.29 is 0 Å². The maximum Gasteiger partial charge on any atom is 0.00792 e. The van der Waals surface area contributed by atoms with Crippen molar-refractivity contribution in [2.24, 2.45) is 5.41 Å². The maximum absolute atomic E-state index is 3.62. The number of nitrogens with one attached hydrogen (secondary N) is 1. The summed E-state index contributed by atoms with van der Waals surface area (Å²) in [5.74, 6) is 0. The van der Waals surface area contributed by atoms with Crippen LogP contribution in [0.2, 0.25) is 0 Å². The van der Waals surface area contributed by atoms with Gasteiger partial charge in [-0.05, 0) is 57.8 Å². The summed E-state index contributed by atoms with van der Waals surface area (Å²) in [6, 6.07) is 0.783. The van der Waals surface area contributed by atoms with Crippen molar-refractivity contribution in [3.8, 4) is 0 Å². The molecule has 16 heavy (non-hydrogen) atoms. The Bertz CT molecular complexity index is 178. The fourth-order valence-corrected chi connectivity index (χ4v) is 2.18. The van der Waals surface area contributed by atoms with E-state index >= 15 is 0 Å². The third kappa shape index (κ3) is 6.49. The normalized spacial score (nSPS) is 22.7. The molecule has 0 saturated carbocycles. The number of piperidine rings is 1. The fraction of sp³-hybridized carbons (Fsp3) is 1.00. The largest absolute Gasteiger partial charge is 0.314 e. The minimum Gasteiger partial charge on any atom is -0.314 e. The molecule has 0 spiro atoms. The zero-order chi connectivity index (χ0) is 12.0. The van der Waals surface area contributed by atoms with Crippen molar-refractivity contribution in [1.82, 2.24) is 10.2 Å². The van der Waals surface area contributed by atoms with Gasteiger partial charge in [-0.25, -0.2) is 0 Å². The van der Waals surface area contributed by atoms with E-state index in [2.05, 4.69) is 38.0 Å². The Morgan fingerprint density at radius 1 is 1.19 bits per heavy atom. The molecule has 2 nitrogen and oxygen atoms in total. The van der Waals surface area contributed by atoms with Gasteiger partial charge in [0.25, 0.3) is 0 Å². The average molecular weight is 226 g/mol. The van der Waals surface area contributed by atoms with Gasteiger partial charge in [-0.1, -0.05) is 27.2 Å². The first-order chi connectivity index (χ1) is 7.47. The quantitative estimate of drug-likeness (QED) is 0.775. The highest BCUT2D eigenvalue weighted by Crippen LogP contribution is 2.18. The fourth-order valence-electron chi connectivity index (χ4n) is 2.18. The summed E-state index contributed by atoms with van der Waals surface area (Å²) in [6.45, 7) is 10.7. The highest BCUT2D eigenvalue weighted by molar-refractivity contribution is 4.73. The summed E-state index contributed by atoms with van der Waals surface area (Å²) in [6.07, 6.45) is 6.79. The Labute approximate surface area is 102 Å². The van der Waals surface area contributed by atoms with Crippen LogP contribution in [0.4, 0.5) is 0 Å².